The minimum atomic E-state index is -0.154. The summed E-state index contributed by atoms with van der Waals surface area (Å²) in [6.07, 6.45) is 5.72. The van der Waals surface area contributed by atoms with E-state index in [1.54, 1.807) is 12.1 Å². The van der Waals surface area contributed by atoms with Gasteiger partial charge in [0.1, 0.15) is 5.82 Å². The quantitative estimate of drug-likeness (QED) is 0.891. The van der Waals surface area contributed by atoms with Gasteiger partial charge in [0.15, 0.2) is 0 Å². The molecule has 0 radical (unpaired) electrons. The van der Waals surface area contributed by atoms with Gasteiger partial charge in [-0.15, -0.1) is 0 Å². The Balaban J connectivity index is 1.76. The van der Waals surface area contributed by atoms with Crippen molar-refractivity contribution < 1.29 is 9.50 Å². The highest BCUT2D eigenvalue weighted by molar-refractivity contribution is 5.71. The fourth-order valence-electron chi connectivity index (χ4n) is 3.33. The molecule has 1 aliphatic heterocycles. The summed E-state index contributed by atoms with van der Waals surface area (Å²) in [7, 11) is 0. The molecule has 0 aromatic heterocycles. The second-order valence-corrected chi connectivity index (χ2v) is 5.98. The number of hydrogen-bond acceptors (Lipinski definition) is 3. The molecule has 3 nitrogen and oxygen atoms in total. The molecule has 2 aliphatic rings. The molecule has 110 valence electrons. The van der Waals surface area contributed by atoms with Crippen LogP contribution in [0.1, 0.15) is 38.5 Å². The van der Waals surface area contributed by atoms with Crippen LogP contribution in [0.4, 0.5) is 15.8 Å². The van der Waals surface area contributed by atoms with Gasteiger partial charge in [-0.25, -0.2) is 4.39 Å². The largest absolute Gasteiger partial charge is 0.393 e. The Labute approximate surface area is 119 Å². The molecule has 1 saturated carbocycles. The third-order valence-corrected chi connectivity index (χ3v) is 4.47. The summed E-state index contributed by atoms with van der Waals surface area (Å²) in [6, 6.07) is 5.64. The molecule has 2 N–H and O–H groups in total. The van der Waals surface area contributed by atoms with Crippen LogP contribution in [-0.4, -0.2) is 30.3 Å². The third-order valence-electron chi connectivity index (χ3n) is 4.47. The zero-order valence-electron chi connectivity index (χ0n) is 11.8. The first-order valence-electron chi connectivity index (χ1n) is 7.72. The van der Waals surface area contributed by atoms with E-state index in [-0.39, 0.29) is 11.9 Å². The molecule has 2 fully saturated rings. The molecular formula is C16H23FN2O. The summed E-state index contributed by atoms with van der Waals surface area (Å²) in [5.74, 6) is -0.132. The van der Waals surface area contributed by atoms with Gasteiger partial charge >= 0.3 is 0 Å². The first-order chi connectivity index (χ1) is 9.74. The van der Waals surface area contributed by atoms with Gasteiger partial charge in [-0.2, -0.15) is 0 Å². The summed E-state index contributed by atoms with van der Waals surface area (Å²) in [5.41, 5.74) is 1.64. The standard InChI is InChI=1S/C16H23FN2O/c17-14-4-3-5-15(16(14)19-10-1-2-11-19)18-12-6-8-13(20)9-7-12/h3-5,12-13,18,20H,1-2,6-11H2. The molecule has 0 unspecified atom stereocenters. The molecule has 0 bridgehead atoms. The average molecular weight is 278 g/mol. The fourth-order valence-corrected chi connectivity index (χ4v) is 3.33. The average Bonchev–Trinajstić information content (AvgIpc) is 2.95. The number of nitrogens with one attached hydrogen (secondary N) is 1. The maximum absolute atomic E-state index is 14.2. The van der Waals surface area contributed by atoms with E-state index in [2.05, 4.69) is 10.2 Å². The Bertz CT molecular complexity index is 452. The first-order valence-corrected chi connectivity index (χ1v) is 7.72. The maximum atomic E-state index is 14.2. The summed E-state index contributed by atoms with van der Waals surface area (Å²) >= 11 is 0. The van der Waals surface area contributed by atoms with E-state index >= 15 is 0 Å². The molecule has 0 atom stereocenters. The number of benzene rings is 1. The molecule has 4 heteroatoms. The normalized spacial score (nSPS) is 26.8. The van der Waals surface area contributed by atoms with Crippen LogP contribution in [-0.2, 0) is 0 Å². The van der Waals surface area contributed by atoms with Crippen LogP contribution in [0.15, 0.2) is 18.2 Å². The minimum absolute atomic E-state index is 0.132. The Kier molecular flexibility index (Phi) is 4.10. The van der Waals surface area contributed by atoms with Crippen LogP contribution in [0.3, 0.4) is 0 Å². The highest BCUT2D eigenvalue weighted by atomic mass is 19.1. The van der Waals surface area contributed by atoms with Crippen molar-refractivity contribution in [1.29, 1.82) is 0 Å². The number of aliphatic hydroxyl groups excluding tert-OH is 1. The van der Waals surface area contributed by atoms with Crippen LogP contribution >= 0.6 is 0 Å². The van der Waals surface area contributed by atoms with Crippen LogP contribution < -0.4 is 10.2 Å². The van der Waals surface area contributed by atoms with Crippen LogP contribution in [0.5, 0.6) is 0 Å². The molecular weight excluding hydrogens is 255 g/mol. The summed E-state index contributed by atoms with van der Waals surface area (Å²) in [4.78, 5) is 2.15. The lowest BCUT2D eigenvalue weighted by molar-refractivity contribution is 0.126. The highest BCUT2D eigenvalue weighted by Crippen LogP contribution is 2.33. The summed E-state index contributed by atoms with van der Waals surface area (Å²) in [5, 5.41) is 13.1. The molecule has 1 saturated heterocycles. The third kappa shape index (κ3) is 2.90. The lowest BCUT2D eigenvalue weighted by Crippen LogP contribution is -2.29. The van der Waals surface area contributed by atoms with Crippen molar-refractivity contribution in [3.05, 3.63) is 24.0 Å². The zero-order chi connectivity index (χ0) is 13.9. The van der Waals surface area contributed by atoms with E-state index in [1.165, 1.54) is 0 Å². The van der Waals surface area contributed by atoms with E-state index in [9.17, 15) is 9.50 Å². The lowest BCUT2D eigenvalue weighted by Gasteiger charge is -2.29. The van der Waals surface area contributed by atoms with E-state index in [0.29, 0.717) is 6.04 Å². The predicted molar refractivity (Wildman–Crippen MR) is 79.7 cm³/mol. The van der Waals surface area contributed by atoms with E-state index in [1.807, 2.05) is 6.07 Å². The number of halogens is 1. The maximum Gasteiger partial charge on any atom is 0.148 e. The molecule has 1 heterocycles. The van der Waals surface area contributed by atoms with Gasteiger partial charge in [0.2, 0.25) is 0 Å². The van der Waals surface area contributed by atoms with Gasteiger partial charge in [0, 0.05) is 19.1 Å². The molecule has 1 aromatic carbocycles. The van der Waals surface area contributed by atoms with Crippen molar-refractivity contribution >= 4 is 11.4 Å². The SMILES string of the molecule is OC1CCC(Nc2cccc(F)c2N2CCCC2)CC1. The number of anilines is 2. The van der Waals surface area contributed by atoms with Gasteiger partial charge < -0.3 is 15.3 Å². The molecule has 0 amide bonds. The minimum Gasteiger partial charge on any atom is -0.393 e. The fraction of sp³-hybridized carbons (Fsp3) is 0.625. The molecule has 3 rings (SSSR count). The van der Waals surface area contributed by atoms with E-state index < -0.39 is 0 Å². The highest BCUT2D eigenvalue weighted by Gasteiger charge is 2.23. The van der Waals surface area contributed by atoms with Crippen molar-refractivity contribution in [2.45, 2.75) is 50.7 Å². The van der Waals surface area contributed by atoms with Gasteiger partial charge in [-0.1, -0.05) is 6.07 Å². The Morgan fingerprint density at radius 2 is 1.80 bits per heavy atom. The van der Waals surface area contributed by atoms with Gasteiger partial charge in [-0.3, -0.25) is 0 Å². The van der Waals surface area contributed by atoms with Crippen LogP contribution in [0.2, 0.25) is 0 Å². The van der Waals surface area contributed by atoms with Gasteiger partial charge in [0.25, 0.3) is 0 Å². The zero-order valence-corrected chi connectivity index (χ0v) is 11.8. The smallest absolute Gasteiger partial charge is 0.148 e. The van der Waals surface area contributed by atoms with Crippen molar-refractivity contribution in [2.24, 2.45) is 0 Å². The van der Waals surface area contributed by atoms with Crippen molar-refractivity contribution in [3.63, 3.8) is 0 Å². The Morgan fingerprint density at radius 1 is 1.10 bits per heavy atom. The van der Waals surface area contributed by atoms with Gasteiger partial charge in [-0.05, 0) is 50.7 Å². The van der Waals surface area contributed by atoms with Gasteiger partial charge in [0.05, 0.1) is 17.5 Å². The predicted octanol–water partition coefficient (Wildman–Crippen LogP) is 3.14. The topological polar surface area (TPSA) is 35.5 Å². The molecule has 1 aliphatic carbocycles. The van der Waals surface area contributed by atoms with E-state index in [0.717, 1.165) is 63.0 Å². The first kappa shape index (κ1) is 13.7. The number of para-hydroxylation sites is 1. The number of hydrogen-bond donors (Lipinski definition) is 2. The summed E-state index contributed by atoms with van der Waals surface area (Å²) < 4.78 is 14.2. The number of aliphatic hydroxyl groups is 1. The number of rotatable bonds is 3. The van der Waals surface area contributed by atoms with Crippen LogP contribution in [0.25, 0.3) is 0 Å². The van der Waals surface area contributed by atoms with E-state index in [4.69, 9.17) is 0 Å². The Hall–Kier alpha value is -1.29. The molecule has 0 spiro atoms. The monoisotopic (exact) mass is 278 g/mol. The Morgan fingerprint density at radius 3 is 2.50 bits per heavy atom. The second-order valence-electron chi connectivity index (χ2n) is 5.98. The second kappa shape index (κ2) is 6.00. The molecule has 20 heavy (non-hydrogen) atoms. The molecule has 1 aromatic rings. The summed E-state index contributed by atoms with van der Waals surface area (Å²) in [6.45, 7) is 1.89. The van der Waals surface area contributed by atoms with Crippen molar-refractivity contribution in [3.8, 4) is 0 Å². The number of nitrogens with zero attached hydrogens (tertiary/aromatic N) is 1. The van der Waals surface area contributed by atoms with Crippen molar-refractivity contribution in [2.75, 3.05) is 23.3 Å². The van der Waals surface area contributed by atoms with Crippen molar-refractivity contribution in [1.82, 2.24) is 0 Å². The lowest BCUT2D eigenvalue weighted by atomic mass is 9.93. The van der Waals surface area contributed by atoms with Crippen LogP contribution in [0, 0.1) is 5.82 Å².